The van der Waals surface area contributed by atoms with Crippen LogP contribution >= 0.6 is 0 Å². The maximum absolute atomic E-state index is 12.0. The van der Waals surface area contributed by atoms with E-state index < -0.39 is 0 Å². The summed E-state index contributed by atoms with van der Waals surface area (Å²) in [5.74, 6) is 5.53. The lowest BCUT2D eigenvalue weighted by atomic mass is 9.44. The first-order valence-electron chi connectivity index (χ1n) is 13.4. The van der Waals surface area contributed by atoms with Crippen molar-refractivity contribution in [3.63, 3.8) is 0 Å². The maximum atomic E-state index is 12.0. The first-order chi connectivity index (χ1) is 14.8. The Kier molecular flexibility index (Phi) is 6.90. The van der Waals surface area contributed by atoms with Gasteiger partial charge in [-0.3, -0.25) is 4.79 Å². The van der Waals surface area contributed by atoms with Gasteiger partial charge in [-0.1, -0.05) is 20.8 Å². The van der Waals surface area contributed by atoms with Crippen molar-refractivity contribution in [2.75, 3.05) is 6.61 Å². The van der Waals surface area contributed by atoms with E-state index in [4.69, 9.17) is 4.74 Å². The molecule has 0 heterocycles. The molecule has 4 rings (SSSR count). The number of aldehydes is 1. The quantitative estimate of drug-likeness (QED) is 0.328. The Hall–Kier alpha value is -0.860. The van der Waals surface area contributed by atoms with Gasteiger partial charge >= 0.3 is 5.97 Å². The summed E-state index contributed by atoms with van der Waals surface area (Å²) in [6.07, 6.45) is 15.7. The van der Waals surface area contributed by atoms with Crippen molar-refractivity contribution in [3.05, 3.63) is 0 Å². The van der Waals surface area contributed by atoms with Crippen molar-refractivity contribution in [2.45, 2.75) is 105 Å². The van der Waals surface area contributed by atoms with E-state index in [0.29, 0.717) is 35.7 Å². The van der Waals surface area contributed by atoms with Crippen LogP contribution in [0, 0.1) is 52.3 Å². The van der Waals surface area contributed by atoms with E-state index in [1.54, 1.807) is 0 Å². The van der Waals surface area contributed by atoms with Gasteiger partial charge in [0, 0.05) is 12.8 Å². The van der Waals surface area contributed by atoms with Crippen LogP contribution in [-0.4, -0.2) is 18.9 Å². The molecule has 6 unspecified atom stereocenters. The van der Waals surface area contributed by atoms with E-state index in [1.807, 2.05) is 6.92 Å². The second-order valence-corrected chi connectivity index (χ2v) is 12.3. The van der Waals surface area contributed by atoms with Crippen LogP contribution in [-0.2, 0) is 14.3 Å². The molecule has 0 saturated heterocycles. The molecule has 176 valence electrons. The van der Waals surface area contributed by atoms with Gasteiger partial charge in [0.05, 0.1) is 6.61 Å². The highest BCUT2D eigenvalue weighted by atomic mass is 16.5. The lowest BCUT2D eigenvalue weighted by Gasteiger charge is -2.61. The van der Waals surface area contributed by atoms with E-state index in [0.717, 1.165) is 48.7 Å². The average molecular weight is 431 g/mol. The van der Waals surface area contributed by atoms with Crippen molar-refractivity contribution >= 4 is 12.3 Å². The molecule has 0 radical (unpaired) electrons. The number of carbonyl (C=O) groups is 2. The Morgan fingerprint density at radius 3 is 2.52 bits per heavy atom. The van der Waals surface area contributed by atoms with Crippen molar-refractivity contribution in [1.82, 2.24) is 0 Å². The highest BCUT2D eigenvalue weighted by Gasteiger charge is 2.60. The Morgan fingerprint density at radius 2 is 1.77 bits per heavy atom. The lowest BCUT2D eigenvalue weighted by Crippen LogP contribution is -2.53. The average Bonchev–Trinajstić information content (AvgIpc) is 3.09. The van der Waals surface area contributed by atoms with Gasteiger partial charge in [0.2, 0.25) is 0 Å². The van der Waals surface area contributed by atoms with Crippen LogP contribution in [0.25, 0.3) is 0 Å². The maximum Gasteiger partial charge on any atom is 0.306 e. The van der Waals surface area contributed by atoms with Gasteiger partial charge in [0.25, 0.3) is 0 Å². The van der Waals surface area contributed by atoms with Crippen LogP contribution in [0.2, 0.25) is 0 Å². The first kappa shape index (κ1) is 23.3. The molecule has 4 aliphatic rings. The summed E-state index contributed by atoms with van der Waals surface area (Å²) in [6, 6.07) is 0. The summed E-state index contributed by atoms with van der Waals surface area (Å²) in [5, 5.41) is 0. The van der Waals surface area contributed by atoms with Crippen LogP contribution < -0.4 is 0 Å². The molecule has 0 bridgehead atoms. The molecule has 4 aliphatic carbocycles. The zero-order valence-corrected chi connectivity index (χ0v) is 20.5. The predicted octanol–water partition coefficient (Wildman–Crippen LogP) is 6.83. The van der Waals surface area contributed by atoms with Gasteiger partial charge in [-0.15, -0.1) is 0 Å². The fraction of sp³-hybridized carbons (Fsp3) is 0.929. The van der Waals surface area contributed by atoms with Crippen molar-refractivity contribution in [2.24, 2.45) is 52.3 Å². The third-order valence-electron chi connectivity index (χ3n) is 11.0. The molecule has 0 amide bonds. The molecule has 9 atom stereocenters. The van der Waals surface area contributed by atoms with Gasteiger partial charge in [-0.2, -0.15) is 0 Å². The third-order valence-corrected chi connectivity index (χ3v) is 11.0. The number of ether oxygens (including phenoxy) is 1. The van der Waals surface area contributed by atoms with Gasteiger partial charge < -0.3 is 9.53 Å². The van der Waals surface area contributed by atoms with Gasteiger partial charge in [-0.05, 0) is 123 Å². The fourth-order valence-corrected chi connectivity index (χ4v) is 9.50. The summed E-state index contributed by atoms with van der Waals surface area (Å²) in [7, 11) is 0. The van der Waals surface area contributed by atoms with Crippen molar-refractivity contribution in [1.29, 1.82) is 0 Å². The summed E-state index contributed by atoms with van der Waals surface area (Å²) < 4.78 is 5.25. The molecule has 0 aromatic rings. The normalized spacial score (nSPS) is 45.2. The second kappa shape index (κ2) is 9.18. The Morgan fingerprint density at radius 1 is 1.03 bits per heavy atom. The smallest absolute Gasteiger partial charge is 0.306 e. The first-order valence-corrected chi connectivity index (χ1v) is 13.4. The molecule has 3 heteroatoms. The van der Waals surface area contributed by atoms with E-state index in [2.05, 4.69) is 20.8 Å². The molecule has 3 nitrogen and oxygen atoms in total. The molecule has 31 heavy (non-hydrogen) atoms. The van der Waals surface area contributed by atoms with Crippen LogP contribution in [0.4, 0.5) is 0 Å². The largest absolute Gasteiger partial charge is 0.466 e. The lowest BCUT2D eigenvalue weighted by molar-refractivity contribution is -0.147. The molecule has 0 aromatic carbocycles. The molecule has 4 saturated carbocycles. The zero-order chi connectivity index (χ0) is 22.2. The monoisotopic (exact) mass is 430 g/mol. The Bertz CT molecular complexity index is 659. The molecule has 0 aromatic heterocycles. The molecule has 4 fully saturated rings. The number of esters is 1. The summed E-state index contributed by atoms with van der Waals surface area (Å²) >= 11 is 0. The highest BCUT2D eigenvalue weighted by molar-refractivity contribution is 5.69. The van der Waals surface area contributed by atoms with Crippen molar-refractivity contribution in [3.8, 4) is 0 Å². The number of rotatable bonds is 7. The molecule has 0 N–H and O–H groups in total. The minimum Gasteiger partial charge on any atom is -0.466 e. The fourth-order valence-electron chi connectivity index (χ4n) is 9.50. The van der Waals surface area contributed by atoms with Crippen LogP contribution in [0.5, 0.6) is 0 Å². The number of hydrogen-bond acceptors (Lipinski definition) is 3. The van der Waals surface area contributed by atoms with Crippen LogP contribution in [0.3, 0.4) is 0 Å². The number of carbonyl (C=O) groups excluding carboxylic acids is 2. The summed E-state index contributed by atoms with van der Waals surface area (Å²) in [5.41, 5.74) is 0.977. The molecular formula is C28H46O3. The minimum absolute atomic E-state index is 0.0129. The minimum atomic E-state index is 0.0129. The molecular weight excluding hydrogens is 384 g/mol. The van der Waals surface area contributed by atoms with Gasteiger partial charge in [0.1, 0.15) is 6.29 Å². The summed E-state index contributed by atoms with van der Waals surface area (Å²) in [4.78, 5) is 23.0. The topological polar surface area (TPSA) is 43.4 Å². The van der Waals surface area contributed by atoms with Gasteiger partial charge in [0.15, 0.2) is 0 Å². The highest BCUT2D eigenvalue weighted by Crippen LogP contribution is 2.68. The third kappa shape index (κ3) is 4.12. The van der Waals surface area contributed by atoms with E-state index in [1.165, 1.54) is 57.8 Å². The summed E-state index contributed by atoms with van der Waals surface area (Å²) in [6.45, 7) is 10.1. The zero-order valence-electron chi connectivity index (χ0n) is 20.5. The van der Waals surface area contributed by atoms with E-state index in [9.17, 15) is 9.59 Å². The SMILES string of the molecule is CCOC(=O)CC1CCC2(C)C(CCC3[C@@H]2CCC2(C)[C@@H](C(C)CCC=O)CC[C@@H]32)C1. The molecule has 0 spiro atoms. The predicted molar refractivity (Wildman–Crippen MR) is 124 cm³/mol. The second-order valence-electron chi connectivity index (χ2n) is 12.3. The standard InChI is InChI=1S/C28H46O3/c1-5-31-26(30)18-20-12-14-27(3)21(17-20)8-9-22-24-11-10-23(19(2)7-6-16-29)28(24,4)15-13-25(22)27/h16,19-25H,5-15,17-18H2,1-4H3/t19?,20?,21?,22?,23-,24+,25+,27?,28?/m1/s1. The Balaban J connectivity index is 1.44. The molecule has 0 aliphatic heterocycles. The number of hydrogen-bond donors (Lipinski definition) is 0. The van der Waals surface area contributed by atoms with Crippen LogP contribution in [0.1, 0.15) is 105 Å². The Labute approximate surface area is 190 Å². The van der Waals surface area contributed by atoms with E-state index in [-0.39, 0.29) is 5.97 Å². The van der Waals surface area contributed by atoms with E-state index >= 15 is 0 Å². The van der Waals surface area contributed by atoms with Gasteiger partial charge in [-0.25, -0.2) is 0 Å². The number of fused-ring (bicyclic) bond motifs is 5. The van der Waals surface area contributed by atoms with Crippen molar-refractivity contribution < 1.29 is 14.3 Å². The van der Waals surface area contributed by atoms with Crippen LogP contribution in [0.15, 0.2) is 0 Å².